The summed E-state index contributed by atoms with van der Waals surface area (Å²) in [7, 11) is 0. The second-order valence-electron chi connectivity index (χ2n) is 8.50. The van der Waals surface area contributed by atoms with Crippen molar-refractivity contribution >= 4 is 29.3 Å². The van der Waals surface area contributed by atoms with E-state index in [4.69, 9.17) is 4.42 Å². The van der Waals surface area contributed by atoms with Crippen LogP contribution in [0.4, 0.5) is 5.69 Å². The predicted molar refractivity (Wildman–Crippen MR) is 133 cm³/mol. The third kappa shape index (κ3) is 6.03. The van der Waals surface area contributed by atoms with Gasteiger partial charge in [0.25, 0.3) is 5.22 Å². The summed E-state index contributed by atoms with van der Waals surface area (Å²) < 4.78 is 5.69. The molecule has 0 unspecified atom stereocenters. The Morgan fingerprint density at radius 2 is 1.65 bits per heavy atom. The number of benzene rings is 2. The average Bonchev–Trinajstić information content (AvgIpc) is 3.30. The van der Waals surface area contributed by atoms with E-state index in [1.807, 2.05) is 68.1 Å². The van der Waals surface area contributed by atoms with Crippen molar-refractivity contribution in [3.05, 3.63) is 59.2 Å². The van der Waals surface area contributed by atoms with Crippen LogP contribution < -0.4 is 5.32 Å². The van der Waals surface area contributed by atoms with Crippen molar-refractivity contribution < 1.29 is 14.0 Å². The summed E-state index contributed by atoms with van der Waals surface area (Å²) in [6.07, 6.45) is 0. The standard InChI is InChI=1S/C25H29N5O3S/c1-17-7-9-20(10-8-17)24-27-28-25(33-24)34-16-22(32)30-13-11-29(12-14-30)15-21(31)26-23-18(2)5-4-6-19(23)3/h4-10H,11-16H2,1-3H3,(H,26,31). The predicted octanol–water partition coefficient (Wildman–Crippen LogP) is 3.54. The first-order valence-electron chi connectivity index (χ1n) is 11.3. The number of aromatic nitrogens is 2. The summed E-state index contributed by atoms with van der Waals surface area (Å²) in [5.41, 5.74) is 4.99. The number of thioether (sulfide) groups is 1. The summed E-state index contributed by atoms with van der Waals surface area (Å²) in [6, 6.07) is 13.8. The lowest BCUT2D eigenvalue weighted by Crippen LogP contribution is -2.50. The van der Waals surface area contributed by atoms with E-state index in [9.17, 15) is 9.59 Å². The molecule has 1 aliphatic heterocycles. The monoisotopic (exact) mass is 479 g/mol. The van der Waals surface area contributed by atoms with Crippen LogP contribution in [0.25, 0.3) is 11.5 Å². The molecule has 3 aromatic rings. The van der Waals surface area contributed by atoms with E-state index < -0.39 is 0 Å². The molecule has 1 N–H and O–H groups in total. The van der Waals surface area contributed by atoms with E-state index in [1.54, 1.807) is 0 Å². The molecule has 0 spiro atoms. The Morgan fingerprint density at radius 3 is 2.32 bits per heavy atom. The van der Waals surface area contributed by atoms with Crippen molar-refractivity contribution in [3.8, 4) is 11.5 Å². The highest BCUT2D eigenvalue weighted by Crippen LogP contribution is 2.24. The van der Waals surface area contributed by atoms with Gasteiger partial charge in [0.1, 0.15) is 0 Å². The van der Waals surface area contributed by atoms with Gasteiger partial charge in [-0.25, -0.2) is 0 Å². The molecule has 0 bridgehead atoms. The highest BCUT2D eigenvalue weighted by Gasteiger charge is 2.23. The number of anilines is 1. The number of hydrogen-bond acceptors (Lipinski definition) is 7. The van der Waals surface area contributed by atoms with Gasteiger partial charge in [0.05, 0.1) is 12.3 Å². The molecule has 8 nitrogen and oxygen atoms in total. The topological polar surface area (TPSA) is 91.6 Å². The number of aryl methyl sites for hydroxylation is 3. The summed E-state index contributed by atoms with van der Waals surface area (Å²) in [5, 5.41) is 11.5. The summed E-state index contributed by atoms with van der Waals surface area (Å²) in [4.78, 5) is 29.1. The molecule has 34 heavy (non-hydrogen) atoms. The van der Waals surface area contributed by atoms with Gasteiger partial charge in [0.15, 0.2) is 0 Å². The fourth-order valence-electron chi connectivity index (χ4n) is 3.84. The second kappa shape index (κ2) is 10.8. The van der Waals surface area contributed by atoms with Gasteiger partial charge in [0, 0.05) is 37.4 Å². The molecule has 1 aliphatic rings. The van der Waals surface area contributed by atoms with Crippen LogP contribution in [0.3, 0.4) is 0 Å². The second-order valence-corrected chi connectivity index (χ2v) is 9.43. The minimum absolute atomic E-state index is 0.0275. The Bertz CT molecular complexity index is 1130. The maximum atomic E-state index is 12.6. The molecular weight excluding hydrogens is 450 g/mol. The molecule has 2 aromatic carbocycles. The van der Waals surface area contributed by atoms with Crippen LogP contribution >= 0.6 is 11.8 Å². The molecule has 1 aromatic heterocycles. The van der Waals surface area contributed by atoms with E-state index in [0.717, 1.165) is 27.9 Å². The minimum atomic E-state index is -0.0338. The number of rotatable bonds is 7. The maximum Gasteiger partial charge on any atom is 0.277 e. The van der Waals surface area contributed by atoms with Crippen molar-refractivity contribution in [3.63, 3.8) is 0 Å². The van der Waals surface area contributed by atoms with E-state index >= 15 is 0 Å². The first kappa shape index (κ1) is 24.0. The molecule has 0 radical (unpaired) electrons. The lowest BCUT2D eigenvalue weighted by Gasteiger charge is -2.34. The van der Waals surface area contributed by atoms with Gasteiger partial charge in [-0.05, 0) is 44.0 Å². The van der Waals surface area contributed by atoms with Gasteiger partial charge in [0.2, 0.25) is 17.7 Å². The van der Waals surface area contributed by atoms with E-state index in [-0.39, 0.29) is 17.6 Å². The van der Waals surface area contributed by atoms with Crippen LogP contribution in [0.5, 0.6) is 0 Å². The van der Waals surface area contributed by atoms with Gasteiger partial charge >= 0.3 is 0 Å². The fraction of sp³-hybridized carbons (Fsp3) is 0.360. The van der Waals surface area contributed by atoms with Crippen molar-refractivity contribution in [2.45, 2.75) is 26.0 Å². The van der Waals surface area contributed by atoms with Crippen molar-refractivity contribution in [2.75, 3.05) is 43.8 Å². The molecule has 9 heteroatoms. The number of carbonyl (C=O) groups excluding carboxylic acids is 2. The third-order valence-corrected chi connectivity index (χ3v) is 6.67. The van der Waals surface area contributed by atoms with Gasteiger partial charge in [-0.1, -0.05) is 47.7 Å². The number of nitrogens with zero attached hydrogens (tertiary/aromatic N) is 4. The summed E-state index contributed by atoms with van der Waals surface area (Å²) in [5.74, 6) is 0.679. The summed E-state index contributed by atoms with van der Waals surface area (Å²) >= 11 is 1.25. The van der Waals surface area contributed by atoms with Crippen molar-refractivity contribution in [2.24, 2.45) is 0 Å². The number of para-hydroxylation sites is 1. The van der Waals surface area contributed by atoms with Gasteiger partial charge in [-0.15, -0.1) is 10.2 Å². The quantitative estimate of drug-likeness (QED) is 0.518. The number of piperazine rings is 1. The molecule has 4 rings (SSSR count). The highest BCUT2D eigenvalue weighted by molar-refractivity contribution is 7.99. The normalized spacial score (nSPS) is 14.3. The molecule has 178 valence electrons. The Hall–Kier alpha value is -3.17. The van der Waals surface area contributed by atoms with E-state index in [1.165, 1.54) is 11.8 Å². The number of nitrogens with one attached hydrogen (secondary N) is 1. The van der Waals surface area contributed by atoms with Crippen LogP contribution in [-0.4, -0.2) is 70.3 Å². The third-order valence-electron chi connectivity index (χ3n) is 5.86. The molecule has 1 fully saturated rings. The Balaban J connectivity index is 1.21. The average molecular weight is 480 g/mol. The largest absolute Gasteiger partial charge is 0.411 e. The lowest BCUT2D eigenvalue weighted by molar-refractivity contribution is -0.130. The van der Waals surface area contributed by atoms with Crippen LogP contribution in [0.1, 0.15) is 16.7 Å². The molecule has 1 saturated heterocycles. The number of amides is 2. The summed E-state index contributed by atoms with van der Waals surface area (Å²) in [6.45, 7) is 8.82. The van der Waals surface area contributed by atoms with Gasteiger partial charge in [-0.2, -0.15) is 0 Å². The fourth-order valence-corrected chi connectivity index (χ4v) is 4.51. The number of hydrogen-bond donors (Lipinski definition) is 1. The minimum Gasteiger partial charge on any atom is -0.411 e. The smallest absolute Gasteiger partial charge is 0.277 e. The first-order valence-corrected chi connectivity index (χ1v) is 12.3. The molecule has 2 amide bonds. The van der Waals surface area contributed by atoms with Gasteiger partial charge in [-0.3, -0.25) is 14.5 Å². The Kier molecular flexibility index (Phi) is 7.64. The molecule has 0 saturated carbocycles. The molecular formula is C25H29N5O3S. The number of carbonyl (C=O) groups is 2. The van der Waals surface area contributed by atoms with E-state index in [0.29, 0.717) is 43.8 Å². The van der Waals surface area contributed by atoms with Crippen molar-refractivity contribution in [1.29, 1.82) is 0 Å². The zero-order chi connectivity index (χ0) is 24.1. The van der Waals surface area contributed by atoms with Crippen LogP contribution in [0.2, 0.25) is 0 Å². The SMILES string of the molecule is Cc1ccc(-c2nnc(SCC(=O)N3CCN(CC(=O)Nc4c(C)cccc4C)CC3)o2)cc1. The van der Waals surface area contributed by atoms with Crippen LogP contribution in [-0.2, 0) is 9.59 Å². The highest BCUT2D eigenvalue weighted by atomic mass is 32.2. The molecule has 0 aliphatic carbocycles. The van der Waals surface area contributed by atoms with Crippen molar-refractivity contribution in [1.82, 2.24) is 20.0 Å². The van der Waals surface area contributed by atoms with E-state index in [2.05, 4.69) is 20.4 Å². The Labute approximate surface area is 203 Å². The zero-order valence-electron chi connectivity index (χ0n) is 19.7. The van der Waals surface area contributed by atoms with Crippen LogP contribution in [0.15, 0.2) is 52.1 Å². The zero-order valence-corrected chi connectivity index (χ0v) is 20.5. The maximum absolute atomic E-state index is 12.6. The Morgan fingerprint density at radius 1 is 0.971 bits per heavy atom. The molecule has 0 atom stereocenters. The van der Waals surface area contributed by atoms with Crippen LogP contribution in [0, 0.1) is 20.8 Å². The lowest BCUT2D eigenvalue weighted by atomic mass is 10.1. The van der Waals surface area contributed by atoms with Gasteiger partial charge < -0.3 is 14.6 Å². The molecule has 2 heterocycles. The first-order chi connectivity index (χ1) is 16.4.